The summed E-state index contributed by atoms with van der Waals surface area (Å²) in [5, 5.41) is 0. The fourth-order valence-electron chi connectivity index (χ4n) is 3.69. The molecule has 3 heterocycles. The van der Waals surface area contributed by atoms with Crippen molar-refractivity contribution in [3.05, 3.63) is 47.8 Å². The number of morpholine rings is 1. The summed E-state index contributed by atoms with van der Waals surface area (Å²) in [5.74, 6) is 1.52. The Morgan fingerprint density at radius 2 is 2.25 bits per heavy atom. The van der Waals surface area contributed by atoms with Crippen LogP contribution in [0.4, 0.5) is 4.39 Å². The van der Waals surface area contributed by atoms with Crippen LogP contribution < -0.4 is 4.74 Å². The van der Waals surface area contributed by atoms with Gasteiger partial charge in [0.1, 0.15) is 23.7 Å². The van der Waals surface area contributed by atoms with Crippen LogP contribution in [0.3, 0.4) is 0 Å². The Labute approximate surface area is 140 Å². The molecule has 2 aromatic rings. The molecule has 0 amide bonds. The van der Waals surface area contributed by atoms with Gasteiger partial charge in [0.25, 0.3) is 5.88 Å². The van der Waals surface area contributed by atoms with Gasteiger partial charge in [0.15, 0.2) is 5.82 Å². The van der Waals surface area contributed by atoms with Crippen molar-refractivity contribution in [3.63, 3.8) is 0 Å². The average molecular weight is 332 g/mol. The molecule has 0 spiro atoms. The minimum Gasteiger partial charge on any atom is -0.469 e. The lowest BCUT2D eigenvalue weighted by molar-refractivity contribution is -0.0940. The first-order valence-electron chi connectivity index (χ1n) is 8.39. The Bertz CT molecular complexity index is 705. The van der Waals surface area contributed by atoms with Gasteiger partial charge >= 0.3 is 0 Å². The highest BCUT2D eigenvalue weighted by Crippen LogP contribution is 2.34. The lowest BCUT2D eigenvalue weighted by Gasteiger charge is -2.38. The van der Waals surface area contributed by atoms with Gasteiger partial charge in [-0.3, -0.25) is 4.90 Å². The second kappa shape index (κ2) is 6.53. The maximum atomic E-state index is 13.8. The second-order valence-corrected chi connectivity index (χ2v) is 6.41. The van der Waals surface area contributed by atoms with E-state index < -0.39 is 5.82 Å². The summed E-state index contributed by atoms with van der Waals surface area (Å²) in [6.07, 6.45) is 3.11. The van der Waals surface area contributed by atoms with E-state index in [0.29, 0.717) is 6.61 Å². The van der Waals surface area contributed by atoms with Crippen molar-refractivity contribution >= 4 is 0 Å². The highest BCUT2D eigenvalue weighted by Gasteiger charge is 2.44. The standard InChI is InChI=1S/C18H21FN2O3/c1-12-4-5-13(23-12)11-21-9-10-22-17-15(21)6-7-16(17)24-18-14(19)3-2-8-20-18/h2-5,8,15-17H,6-7,9-11H2,1H3/t15-,16+,17+/m1/s1. The number of nitrogens with zero attached hydrogens (tertiary/aromatic N) is 2. The van der Waals surface area contributed by atoms with Crippen molar-refractivity contribution in [2.24, 2.45) is 0 Å². The molecular weight excluding hydrogens is 311 g/mol. The van der Waals surface area contributed by atoms with Crippen LogP contribution in [0.5, 0.6) is 5.88 Å². The molecule has 2 aromatic heterocycles. The van der Waals surface area contributed by atoms with Crippen molar-refractivity contribution in [1.82, 2.24) is 9.88 Å². The Morgan fingerprint density at radius 1 is 1.33 bits per heavy atom. The molecule has 2 fully saturated rings. The van der Waals surface area contributed by atoms with Crippen LogP contribution in [-0.4, -0.2) is 41.3 Å². The number of aryl methyl sites for hydroxylation is 1. The monoisotopic (exact) mass is 332 g/mol. The normalized spacial score (nSPS) is 27.2. The molecule has 0 unspecified atom stereocenters. The molecular formula is C18H21FN2O3. The van der Waals surface area contributed by atoms with E-state index in [1.807, 2.05) is 19.1 Å². The number of hydrogen-bond donors (Lipinski definition) is 0. The number of rotatable bonds is 4. The molecule has 6 heteroatoms. The second-order valence-electron chi connectivity index (χ2n) is 6.41. The Hall–Kier alpha value is -1.92. The minimum absolute atomic E-state index is 0.0591. The summed E-state index contributed by atoms with van der Waals surface area (Å²) in [6.45, 7) is 4.23. The third kappa shape index (κ3) is 3.03. The van der Waals surface area contributed by atoms with E-state index in [2.05, 4.69) is 9.88 Å². The van der Waals surface area contributed by atoms with E-state index in [1.165, 1.54) is 12.3 Å². The molecule has 1 saturated heterocycles. The molecule has 1 aliphatic heterocycles. The highest BCUT2D eigenvalue weighted by atomic mass is 19.1. The van der Waals surface area contributed by atoms with E-state index in [-0.39, 0.29) is 24.1 Å². The van der Waals surface area contributed by atoms with E-state index in [4.69, 9.17) is 13.9 Å². The number of hydrogen-bond acceptors (Lipinski definition) is 5. The summed E-state index contributed by atoms with van der Waals surface area (Å²) in [4.78, 5) is 6.37. The molecule has 0 N–H and O–H groups in total. The number of ether oxygens (including phenoxy) is 2. The molecule has 0 radical (unpaired) electrons. The molecule has 0 bridgehead atoms. The fourth-order valence-corrected chi connectivity index (χ4v) is 3.69. The van der Waals surface area contributed by atoms with Crippen LogP contribution in [0.2, 0.25) is 0 Å². The smallest absolute Gasteiger partial charge is 0.250 e. The quantitative estimate of drug-likeness (QED) is 0.861. The molecule has 2 aliphatic rings. The van der Waals surface area contributed by atoms with Gasteiger partial charge in [-0.2, -0.15) is 0 Å². The molecule has 3 atom stereocenters. The average Bonchev–Trinajstić information content (AvgIpc) is 3.17. The van der Waals surface area contributed by atoms with Crippen molar-refractivity contribution < 1.29 is 18.3 Å². The van der Waals surface area contributed by atoms with Crippen LogP contribution >= 0.6 is 0 Å². The lowest BCUT2D eigenvalue weighted by atomic mass is 10.1. The topological polar surface area (TPSA) is 47.7 Å². The summed E-state index contributed by atoms with van der Waals surface area (Å²) < 4.78 is 31.3. The molecule has 1 saturated carbocycles. The van der Waals surface area contributed by atoms with Crippen molar-refractivity contribution in [1.29, 1.82) is 0 Å². The van der Waals surface area contributed by atoms with Crippen molar-refractivity contribution in [2.75, 3.05) is 13.2 Å². The first-order valence-corrected chi connectivity index (χ1v) is 8.39. The predicted octanol–water partition coefficient (Wildman–Crippen LogP) is 2.93. The van der Waals surface area contributed by atoms with Gasteiger partial charge in [0.2, 0.25) is 0 Å². The first-order chi connectivity index (χ1) is 11.7. The van der Waals surface area contributed by atoms with Crippen molar-refractivity contribution in [2.45, 2.75) is 44.6 Å². The third-order valence-corrected chi connectivity index (χ3v) is 4.79. The fraction of sp³-hybridized carbons (Fsp3) is 0.500. The van der Waals surface area contributed by atoms with E-state index >= 15 is 0 Å². The zero-order chi connectivity index (χ0) is 16.5. The van der Waals surface area contributed by atoms with Crippen LogP contribution in [0.1, 0.15) is 24.4 Å². The first kappa shape index (κ1) is 15.6. The number of halogens is 1. The van der Waals surface area contributed by atoms with E-state index in [0.717, 1.165) is 37.5 Å². The van der Waals surface area contributed by atoms with Crippen LogP contribution in [0.15, 0.2) is 34.9 Å². The maximum Gasteiger partial charge on any atom is 0.250 e. The number of furan rings is 1. The number of pyridine rings is 1. The van der Waals surface area contributed by atoms with Gasteiger partial charge < -0.3 is 13.9 Å². The van der Waals surface area contributed by atoms with Gasteiger partial charge in [0, 0.05) is 18.8 Å². The highest BCUT2D eigenvalue weighted by molar-refractivity contribution is 5.14. The summed E-state index contributed by atoms with van der Waals surface area (Å²) in [5.41, 5.74) is 0. The van der Waals surface area contributed by atoms with E-state index in [9.17, 15) is 4.39 Å². The number of fused-ring (bicyclic) bond motifs is 1. The van der Waals surface area contributed by atoms with Gasteiger partial charge in [0.05, 0.1) is 13.2 Å². The molecule has 4 rings (SSSR count). The lowest BCUT2D eigenvalue weighted by Crippen LogP contribution is -2.51. The Kier molecular flexibility index (Phi) is 4.24. The van der Waals surface area contributed by atoms with E-state index in [1.54, 1.807) is 6.07 Å². The molecule has 128 valence electrons. The summed E-state index contributed by atoms with van der Waals surface area (Å²) in [7, 11) is 0. The number of aromatic nitrogens is 1. The maximum absolute atomic E-state index is 13.8. The molecule has 0 aromatic carbocycles. The van der Waals surface area contributed by atoms with Gasteiger partial charge in [-0.25, -0.2) is 9.37 Å². The van der Waals surface area contributed by atoms with Gasteiger partial charge in [-0.1, -0.05) is 0 Å². The third-order valence-electron chi connectivity index (χ3n) is 4.79. The van der Waals surface area contributed by atoms with Gasteiger partial charge in [-0.05, 0) is 44.0 Å². The summed E-state index contributed by atoms with van der Waals surface area (Å²) in [6, 6.07) is 7.19. The predicted molar refractivity (Wildman–Crippen MR) is 85.2 cm³/mol. The largest absolute Gasteiger partial charge is 0.469 e. The van der Waals surface area contributed by atoms with Crippen LogP contribution in [0.25, 0.3) is 0 Å². The molecule has 1 aliphatic carbocycles. The van der Waals surface area contributed by atoms with Gasteiger partial charge in [-0.15, -0.1) is 0 Å². The SMILES string of the molecule is Cc1ccc(CN2CCO[C@@H]3[C@@H](Oc4ncccc4F)CC[C@H]32)o1. The van der Waals surface area contributed by atoms with Crippen molar-refractivity contribution in [3.8, 4) is 5.88 Å². The molecule has 5 nitrogen and oxygen atoms in total. The minimum atomic E-state index is -0.431. The van der Waals surface area contributed by atoms with Crippen LogP contribution in [-0.2, 0) is 11.3 Å². The summed E-state index contributed by atoms with van der Waals surface area (Å²) >= 11 is 0. The Morgan fingerprint density at radius 3 is 3.04 bits per heavy atom. The zero-order valence-electron chi connectivity index (χ0n) is 13.7. The zero-order valence-corrected chi connectivity index (χ0v) is 13.7. The van der Waals surface area contributed by atoms with Crippen LogP contribution in [0, 0.1) is 12.7 Å². The molecule has 24 heavy (non-hydrogen) atoms. The Balaban J connectivity index is 1.45.